The van der Waals surface area contributed by atoms with E-state index in [9.17, 15) is 0 Å². The third-order valence-electron chi connectivity index (χ3n) is 3.64. The number of halogens is 1. The van der Waals surface area contributed by atoms with Gasteiger partial charge >= 0.3 is 0 Å². The maximum atomic E-state index is 6.23. The number of fused-ring (bicyclic) bond motifs is 1. The molecule has 1 unspecified atom stereocenters. The predicted octanol–water partition coefficient (Wildman–Crippen LogP) is 2.44. The Kier molecular flexibility index (Phi) is 3.61. The van der Waals surface area contributed by atoms with Gasteiger partial charge in [-0.25, -0.2) is 0 Å². The molecule has 2 aliphatic heterocycles. The van der Waals surface area contributed by atoms with Crippen molar-refractivity contribution in [1.29, 1.82) is 0 Å². The van der Waals surface area contributed by atoms with E-state index < -0.39 is 0 Å². The van der Waals surface area contributed by atoms with Crippen LogP contribution in [-0.2, 0) is 4.74 Å². The van der Waals surface area contributed by atoms with Crippen LogP contribution in [0.4, 0.5) is 0 Å². The lowest BCUT2D eigenvalue weighted by Crippen LogP contribution is -2.46. The predicted molar refractivity (Wildman–Crippen MR) is 68.6 cm³/mol. The molecule has 3 rings (SSSR count). The van der Waals surface area contributed by atoms with Crippen LogP contribution < -0.4 is 10.5 Å². The minimum atomic E-state index is -0.0774. The molecule has 0 amide bonds. The smallest absolute Gasteiger partial charge is 0.124 e. The summed E-state index contributed by atoms with van der Waals surface area (Å²) in [5.41, 5.74) is 7.29. The van der Waals surface area contributed by atoms with Gasteiger partial charge in [0.05, 0.1) is 13.2 Å². The average molecular weight is 256 g/mol. The third kappa shape index (κ3) is 2.28. The lowest BCUT2D eigenvalue weighted by molar-refractivity contribution is -0.0620. The quantitative estimate of drug-likeness (QED) is 0.775. The Morgan fingerprint density at radius 3 is 2.65 bits per heavy atom. The first-order chi connectivity index (χ1) is 7.79. The first kappa shape index (κ1) is 12.7. The highest BCUT2D eigenvalue weighted by Crippen LogP contribution is 2.42. The lowest BCUT2D eigenvalue weighted by Gasteiger charge is -2.43. The van der Waals surface area contributed by atoms with Crippen LogP contribution >= 0.6 is 12.4 Å². The van der Waals surface area contributed by atoms with Crippen LogP contribution in [0.5, 0.6) is 5.75 Å². The summed E-state index contributed by atoms with van der Waals surface area (Å²) in [6.45, 7) is 1.57. The van der Waals surface area contributed by atoms with Crippen molar-refractivity contribution < 1.29 is 9.47 Å². The summed E-state index contributed by atoms with van der Waals surface area (Å²) in [6, 6.07) is 8.20. The number of para-hydroxylation sites is 1. The van der Waals surface area contributed by atoms with Crippen LogP contribution in [0.25, 0.3) is 0 Å². The van der Waals surface area contributed by atoms with Crippen LogP contribution in [-0.4, -0.2) is 18.8 Å². The molecular formula is C13H18ClNO2. The lowest BCUT2D eigenvalue weighted by atomic mass is 9.82. The molecule has 1 spiro atoms. The monoisotopic (exact) mass is 255 g/mol. The molecule has 0 saturated carbocycles. The fraction of sp³-hybridized carbons (Fsp3) is 0.538. The van der Waals surface area contributed by atoms with Crippen LogP contribution in [0.15, 0.2) is 24.3 Å². The van der Waals surface area contributed by atoms with E-state index in [1.165, 1.54) is 0 Å². The molecule has 2 aliphatic rings. The first-order valence-corrected chi connectivity index (χ1v) is 5.90. The Hall–Kier alpha value is -0.770. The molecule has 1 aromatic carbocycles. The van der Waals surface area contributed by atoms with Crippen molar-refractivity contribution in [3.63, 3.8) is 0 Å². The maximum absolute atomic E-state index is 6.23. The number of hydrogen-bond donors (Lipinski definition) is 1. The Labute approximate surface area is 108 Å². The molecule has 0 bridgehead atoms. The normalized spacial score (nSPS) is 25.6. The first-order valence-electron chi connectivity index (χ1n) is 5.90. The van der Waals surface area contributed by atoms with Gasteiger partial charge in [-0.15, -0.1) is 12.4 Å². The van der Waals surface area contributed by atoms with Crippen molar-refractivity contribution >= 4 is 12.4 Å². The molecule has 1 aromatic rings. The average Bonchev–Trinajstić information content (AvgIpc) is 2.30. The van der Waals surface area contributed by atoms with Crippen molar-refractivity contribution in [3.8, 4) is 5.75 Å². The number of ether oxygens (including phenoxy) is 2. The van der Waals surface area contributed by atoms with E-state index in [0.717, 1.165) is 43.8 Å². The summed E-state index contributed by atoms with van der Waals surface area (Å²) in [5, 5.41) is 0. The SMILES string of the molecule is Cl.NC1CC2(CCOCC2)Oc2ccccc21. The fourth-order valence-electron chi connectivity index (χ4n) is 2.72. The summed E-state index contributed by atoms with van der Waals surface area (Å²) in [5.74, 6) is 0.961. The molecule has 1 fully saturated rings. The van der Waals surface area contributed by atoms with Crippen molar-refractivity contribution in [3.05, 3.63) is 29.8 Å². The summed E-state index contributed by atoms with van der Waals surface area (Å²) >= 11 is 0. The minimum absolute atomic E-state index is 0. The highest BCUT2D eigenvalue weighted by molar-refractivity contribution is 5.85. The summed E-state index contributed by atoms with van der Waals surface area (Å²) in [7, 11) is 0. The van der Waals surface area contributed by atoms with Crippen molar-refractivity contribution in [1.82, 2.24) is 0 Å². The van der Waals surface area contributed by atoms with E-state index in [1.807, 2.05) is 18.2 Å². The second-order valence-electron chi connectivity index (χ2n) is 4.75. The van der Waals surface area contributed by atoms with Gasteiger partial charge in [0, 0.05) is 30.9 Å². The van der Waals surface area contributed by atoms with Gasteiger partial charge < -0.3 is 15.2 Å². The topological polar surface area (TPSA) is 44.5 Å². The Morgan fingerprint density at radius 2 is 1.88 bits per heavy atom. The Bertz CT molecular complexity index is 391. The standard InChI is InChI=1S/C13H17NO2.ClH/c14-11-9-13(5-7-15-8-6-13)16-12-4-2-1-3-10(11)12;/h1-4,11H,5-9,14H2;1H. The van der Waals surface area contributed by atoms with Crippen LogP contribution in [0.3, 0.4) is 0 Å². The molecule has 0 radical (unpaired) electrons. The number of rotatable bonds is 0. The third-order valence-corrected chi connectivity index (χ3v) is 3.64. The van der Waals surface area contributed by atoms with Gasteiger partial charge in [0.1, 0.15) is 11.4 Å². The molecule has 1 saturated heterocycles. The Balaban J connectivity index is 0.00000108. The Morgan fingerprint density at radius 1 is 1.18 bits per heavy atom. The highest BCUT2D eigenvalue weighted by atomic mass is 35.5. The van der Waals surface area contributed by atoms with E-state index in [1.54, 1.807) is 0 Å². The minimum Gasteiger partial charge on any atom is -0.487 e. The molecule has 0 aliphatic carbocycles. The summed E-state index contributed by atoms with van der Waals surface area (Å²) < 4.78 is 11.6. The van der Waals surface area contributed by atoms with Gasteiger partial charge in [-0.1, -0.05) is 18.2 Å². The van der Waals surface area contributed by atoms with E-state index in [2.05, 4.69) is 6.07 Å². The second-order valence-corrected chi connectivity index (χ2v) is 4.75. The fourth-order valence-corrected chi connectivity index (χ4v) is 2.72. The summed E-state index contributed by atoms with van der Waals surface area (Å²) in [4.78, 5) is 0. The van der Waals surface area contributed by atoms with Gasteiger partial charge in [0.15, 0.2) is 0 Å². The second kappa shape index (κ2) is 4.84. The highest BCUT2D eigenvalue weighted by Gasteiger charge is 2.40. The molecule has 0 aromatic heterocycles. The van der Waals surface area contributed by atoms with Crippen LogP contribution in [0.1, 0.15) is 30.9 Å². The zero-order chi connectivity index (χ0) is 11.0. The van der Waals surface area contributed by atoms with Crippen LogP contribution in [0, 0.1) is 0 Å². The molecule has 17 heavy (non-hydrogen) atoms. The maximum Gasteiger partial charge on any atom is 0.124 e. The molecule has 94 valence electrons. The van der Waals surface area contributed by atoms with Crippen molar-refractivity contribution in [2.24, 2.45) is 5.73 Å². The molecule has 2 N–H and O–H groups in total. The molecule has 1 atom stereocenters. The number of nitrogens with two attached hydrogens (primary N) is 1. The van der Waals surface area contributed by atoms with Gasteiger partial charge in [-0.05, 0) is 6.07 Å². The number of benzene rings is 1. The zero-order valence-corrected chi connectivity index (χ0v) is 10.5. The van der Waals surface area contributed by atoms with Crippen molar-refractivity contribution in [2.45, 2.75) is 30.9 Å². The van der Waals surface area contributed by atoms with E-state index in [-0.39, 0.29) is 24.0 Å². The van der Waals surface area contributed by atoms with E-state index in [0.29, 0.717) is 0 Å². The molecular weight excluding hydrogens is 238 g/mol. The molecule has 2 heterocycles. The van der Waals surface area contributed by atoms with Gasteiger partial charge in [-0.2, -0.15) is 0 Å². The van der Waals surface area contributed by atoms with E-state index >= 15 is 0 Å². The van der Waals surface area contributed by atoms with Gasteiger partial charge in [-0.3, -0.25) is 0 Å². The van der Waals surface area contributed by atoms with Crippen LogP contribution in [0.2, 0.25) is 0 Å². The van der Waals surface area contributed by atoms with Gasteiger partial charge in [0.2, 0.25) is 0 Å². The van der Waals surface area contributed by atoms with Crippen molar-refractivity contribution in [2.75, 3.05) is 13.2 Å². The summed E-state index contributed by atoms with van der Waals surface area (Å²) in [6.07, 6.45) is 2.82. The molecule has 3 nitrogen and oxygen atoms in total. The van der Waals surface area contributed by atoms with Gasteiger partial charge in [0.25, 0.3) is 0 Å². The molecule has 4 heteroatoms. The largest absolute Gasteiger partial charge is 0.487 e. The zero-order valence-electron chi connectivity index (χ0n) is 9.72. The van der Waals surface area contributed by atoms with E-state index in [4.69, 9.17) is 15.2 Å². The number of hydrogen-bond acceptors (Lipinski definition) is 3.